The van der Waals surface area contributed by atoms with Crippen LogP contribution in [-0.2, 0) is 0 Å². The molecule has 1 N–H and O–H groups in total. The lowest BCUT2D eigenvalue weighted by Crippen LogP contribution is -2.14. The van der Waals surface area contributed by atoms with E-state index in [-0.39, 0.29) is 11.3 Å². The van der Waals surface area contributed by atoms with Gasteiger partial charge in [-0.25, -0.2) is 0 Å². The lowest BCUT2D eigenvalue weighted by atomic mass is 10.1. The number of anilines is 1. The molecule has 0 unspecified atom stereocenters. The van der Waals surface area contributed by atoms with Gasteiger partial charge in [0.2, 0.25) is 0 Å². The Morgan fingerprint density at radius 2 is 1.75 bits per heavy atom. The molecule has 0 aliphatic heterocycles. The van der Waals surface area contributed by atoms with Crippen molar-refractivity contribution >= 4 is 11.6 Å². The molecule has 2 aromatic rings. The minimum atomic E-state index is -2.97. The highest BCUT2D eigenvalue weighted by atomic mass is 19.3. The number of rotatable bonds is 4. The maximum Gasteiger partial charge on any atom is 0.387 e. The van der Waals surface area contributed by atoms with Crippen molar-refractivity contribution in [2.45, 2.75) is 13.5 Å². The molecule has 0 saturated heterocycles. The predicted octanol–water partition coefficient (Wildman–Crippen LogP) is 3.85. The number of amides is 1. The average Bonchev–Trinajstić information content (AvgIpc) is 2.41. The number of aryl methyl sites for hydroxylation is 1. The molecule has 0 radical (unpaired) electrons. The van der Waals surface area contributed by atoms with Crippen molar-refractivity contribution in [2.75, 3.05) is 5.32 Å². The number of nitrogens with one attached hydrogen (secondary N) is 1. The molecule has 20 heavy (non-hydrogen) atoms. The normalized spacial score (nSPS) is 10.4. The number of benzene rings is 2. The fourth-order valence-electron chi connectivity index (χ4n) is 1.69. The van der Waals surface area contributed by atoms with Crippen LogP contribution >= 0.6 is 0 Å². The lowest BCUT2D eigenvalue weighted by molar-refractivity contribution is -0.0501. The second-order valence-corrected chi connectivity index (χ2v) is 4.19. The van der Waals surface area contributed by atoms with Gasteiger partial charge in [0.1, 0.15) is 5.75 Å². The summed E-state index contributed by atoms with van der Waals surface area (Å²) in [5.41, 5.74) is 1.71. The Morgan fingerprint density at radius 1 is 1.10 bits per heavy atom. The first-order valence-corrected chi connectivity index (χ1v) is 5.98. The Bertz CT molecular complexity index is 597. The summed E-state index contributed by atoms with van der Waals surface area (Å²) in [5, 5.41) is 2.64. The molecule has 0 aromatic heterocycles. The molecule has 2 rings (SSSR count). The van der Waals surface area contributed by atoms with E-state index < -0.39 is 12.5 Å². The SMILES string of the molecule is Cc1ccc(NC(=O)c2ccccc2OC(F)F)cc1. The first-order chi connectivity index (χ1) is 9.56. The molecule has 0 heterocycles. The van der Waals surface area contributed by atoms with E-state index in [1.807, 2.05) is 19.1 Å². The Hall–Kier alpha value is -2.43. The lowest BCUT2D eigenvalue weighted by Gasteiger charge is -2.11. The van der Waals surface area contributed by atoms with Crippen LogP contribution in [0.3, 0.4) is 0 Å². The minimum Gasteiger partial charge on any atom is -0.434 e. The summed E-state index contributed by atoms with van der Waals surface area (Å²) in [5.74, 6) is -0.641. The topological polar surface area (TPSA) is 38.3 Å². The van der Waals surface area contributed by atoms with Crippen LogP contribution in [0.25, 0.3) is 0 Å². The highest BCUT2D eigenvalue weighted by molar-refractivity contribution is 6.06. The van der Waals surface area contributed by atoms with Gasteiger partial charge in [0, 0.05) is 5.69 Å². The molecule has 0 saturated carbocycles. The fourth-order valence-corrected chi connectivity index (χ4v) is 1.69. The maximum atomic E-state index is 12.3. The molecule has 5 heteroatoms. The number of para-hydroxylation sites is 1. The standard InChI is InChI=1S/C15H13F2NO2/c1-10-6-8-11(9-7-10)18-14(19)12-4-2-3-5-13(12)20-15(16)17/h2-9,15H,1H3,(H,18,19). The number of hydrogen-bond donors (Lipinski definition) is 1. The predicted molar refractivity (Wildman–Crippen MR) is 72.2 cm³/mol. The van der Waals surface area contributed by atoms with Gasteiger partial charge in [0.05, 0.1) is 5.56 Å². The van der Waals surface area contributed by atoms with Crippen molar-refractivity contribution in [3.05, 3.63) is 59.7 Å². The first kappa shape index (κ1) is 14.0. The molecule has 0 bridgehead atoms. The summed E-state index contributed by atoms with van der Waals surface area (Å²) < 4.78 is 28.9. The number of carbonyl (C=O) groups is 1. The monoisotopic (exact) mass is 277 g/mol. The van der Waals surface area contributed by atoms with E-state index in [0.717, 1.165) is 5.56 Å². The van der Waals surface area contributed by atoms with Gasteiger partial charge < -0.3 is 10.1 Å². The van der Waals surface area contributed by atoms with Gasteiger partial charge in [0.25, 0.3) is 5.91 Å². The van der Waals surface area contributed by atoms with Gasteiger partial charge in [-0.05, 0) is 31.2 Å². The van der Waals surface area contributed by atoms with Crippen LogP contribution in [0.5, 0.6) is 5.75 Å². The van der Waals surface area contributed by atoms with E-state index in [2.05, 4.69) is 10.1 Å². The molecule has 0 fully saturated rings. The van der Waals surface area contributed by atoms with Crippen LogP contribution in [-0.4, -0.2) is 12.5 Å². The third-order valence-electron chi connectivity index (χ3n) is 2.66. The number of carbonyl (C=O) groups excluding carboxylic acids is 1. The summed E-state index contributed by atoms with van der Waals surface area (Å²) in [6.07, 6.45) is 0. The van der Waals surface area contributed by atoms with E-state index >= 15 is 0 Å². The highest BCUT2D eigenvalue weighted by Crippen LogP contribution is 2.21. The van der Waals surface area contributed by atoms with E-state index in [9.17, 15) is 13.6 Å². The van der Waals surface area contributed by atoms with Gasteiger partial charge in [-0.1, -0.05) is 29.8 Å². The summed E-state index contributed by atoms with van der Waals surface area (Å²) in [6.45, 7) is -1.04. The Morgan fingerprint density at radius 3 is 2.40 bits per heavy atom. The third kappa shape index (κ3) is 3.54. The summed E-state index contributed by atoms with van der Waals surface area (Å²) >= 11 is 0. The summed E-state index contributed by atoms with van der Waals surface area (Å²) in [6, 6.07) is 13.0. The zero-order valence-electron chi connectivity index (χ0n) is 10.8. The van der Waals surface area contributed by atoms with Crippen molar-refractivity contribution < 1.29 is 18.3 Å². The summed E-state index contributed by atoms with van der Waals surface area (Å²) in [4.78, 5) is 12.1. The maximum absolute atomic E-state index is 12.3. The molecule has 3 nitrogen and oxygen atoms in total. The van der Waals surface area contributed by atoms with Crippen molar-refractivity contribution in [2.24, 2.45) is 0 Å². The second-order valence-electron chi connectivity index (χ2n) is 4.19. The smallest absolute Gasteiger partial charge is 0.387 e. The van der Waals surface area contributed by atoms with Crippen LogP contribution in [0.1, 0.15) is 15.9 Å². The van der Waals surface area contributed by atoms with Crippen molar-refractivity contribution in [1.82, 2.24) is 0 Å². The Labute approximate surface area is 115 Å². The molecule has 1 amide bonds. The van der Waals surface area contributed by atoms with Gasteiger partial charge >= 0.3 is 6.61 Å². The van der Waals surface area contributed by atoms with Crippen LogP contribution < -0.4 is 10.1 Å². The molecule has 104 valence electrons. The number of halogens is 2. The fraction of sp³-hybridized carbons (Fsp3) is 0.133. The largest absolute Gasteiger partial charge is 0.434 e. The zero-order chi connectivity index (χ0) is 14.5. The quantitative estimate of drug-likeness (QED) is 0.921. The molecular weight excluding hydrogens is 264 g/mol. The Kier molecular flexibility index (Phi) is 4.30. The second kappa shape index (κ2) is 6.14. The van der Waals surface area contributed by atoms with Gasteiger partial charge in [-0.15, -0.1) is 0 Å². The van der Waals surface area contributed by atoms with Gasteiger partial charge in [-0.3, -0.25) is 4.79 Å². The zero-order valence-corrected chi connectivity index (χ0v) is 10.8. The number of hydrogen-bond acceptors (Lipinski definition) is 2. The van der Waals surface area contributed by atoms with E-state index in [1.54, 1.807) is 18.2 Å². The van der Waals surface area contributed by atoms with Crippen molar-refractivity contribution in [3.63, 3.8) is 0 Å². The van der Waals surface area contributed by atoms with Crippen molar-refractivity contribution in [3.8, 4) is 5.75 Å². The molecule has 2 aromatic carbocycles. The molecule has 0 aliphatic rings. The van der Waals surface area contributed by atoms with E-state index in [4.69, 9.17) is 0 Å². The highest BCUT2D eigenvalue weighted by Gasteiger charge is 2.15. The van der Waals surface area contributed by atoms with E-state index in [1.165, 1.54) is 18.2 Å². The number of ether oxygens (including phenoxy) is 1. The van der Waals surface area contributed by atoms with E-state index in [0.29, 0.717) is 5.69 Å². The minimum absolute atomic E-state index is 0.0633. The molecular formula is C15H13F2NO2. The first-order valence-electron chi connectivity index (χ1n) is 5.98. The molecule has 0 atom stereocenters. The Balaban J connectivity index is 2.18. The van der Waals surface area contributed by atoms with Gasteiger partial charge in [-0.2, -0.15) is 8.78 Å². The summed E-state index contributed by atoms with van der Waals surface area (Å²) in [7, 11) is 0. The third-order valence-corrected chi connectivity index (χ3v) is 2.66. The van der Waals surface area contributed by atoms with Crippen LogP contribution in [0.15, 0.2) is 48.5 Å². The van der Waals surface area contributed by atoms with Gasteiger partial charge in [0.15, 0.2) is 0 Å². The van der Waals surface area contributed by atoms with Crippen LogP contribution in [0.2, 0.25) is 0 Å². The van der Waals surface area contributed by atoms with Crippen LogP contribution in [0, 0.1) is 6.92 Å². The number of alkyl halides is 2. The molecule has 0 spiro atoms. The van der Waals surface area contributed by atoms with Crippen molar-refractivity contribution in [1.29, 1.82) is 0 Å². The average molecular weight is 277 g/mol. The van der Waals surface area contributed by atoms with Crippen LogP contribution in [0.4, 0.5) is 14.5 Å². The molecule has 0 aliphatic carbocycles.